The Bertz CT molecular complexity index is 1370. The number of ether oxygens (including phenoxy) is 6. The topological polar surface area (TPSA) is 55.4 Å². The average Bonchev–Trinajstić information content (AvgIpc) is 3.14. The Morgan fingerprint density at radius 2 is 0.896 bits per heavy atom. The van der Waals surface area contributed by atoms with Crippen LogP contribution in [0.2, 0.25) is 0 Å². The van der Waals surface area contributed by atoms with E-state index in [1.807, 2.05) is 72.8 Å². The third kappa shape index (κ3) is 12.0. The SMILES string of the molecule is CCCCCCCCO[C@H]1O[C@H](COCc2ccccc2)[C@@H](OCc2ccccc2)[C@H](OCc2ccccc2)[C@@H]1OCc1ccccc1. The highest BCUT2D eigenvalue weighted by Crippen LogP contribution is 2.32. The summed E-state index contributed by atoms with van der Waals surface area (Å²) in [6.45, 7) is 4.83. The summed E-state index contributed by atoms with van der Waals surface area (Å²) >= 11 is 0. The first-order chi connectivity index (χ1) is 23.8. The lowest BCUT2D eigenvalue weighted by Gasteiger charge is -2.46. The van der Waals surface area contributed by atoms with Crippen LogP contribution in [0.5, 0.6) is 0 Å². The van der Waals surface area contributed by atoms with E-state index in [4.69, 9.17) is 28.4 Å². The Hall–Kier alpha value is -3.36. The molecular weight excluding hydrogens is 600 g/mol. The molecule has 4 aromatic rings. The molecular formula is C42H52O6. The molecule has 0 bridgehead atoms. The highest BCUT2D eigenvalue weighted by atomic mass is 16.7. The third-order valence-corrected chi connectivity index (χ3v) is 8.62. The number of rotatable bonds is 21. The summed E-state index contributed by atoms with van der Waals surface area (Å²) in [4.78, 5) is 0. The first-order valence-electron chi connectivity index (χ1n) is 17.7. The Morgan fingerprint density at radius 3 is 1.42 bits per heavy atom. The molecule has 48 heavy (non-hydrogen) atoms. The van der Waals surface area contributed by atoms with Gasteiger partial charge in [0.15, 0.2) is 6.29 Å². The maximum atomic E-state index is 6.80. The van der Waals surface area contributed by atoms with Crippen molar-refractivity contribution in [1.29, 1.82) is 0 Å². The van der Waals surface area contributed by atoms with Crippen LogP contribution in [0.25, 0.3) is 0 Å². The van der Waals surface area contributed by atoms with Crippen molar-refractivity contribution in [3.05, 3.63) is 144 Å². The second-order valence-electron chi connectivity index (χ2n) is 12.5. The van der Waals surface area contributed by atoms with Crippen molar-refractivity contribution in [1.82, 2.24) is 0 Å². The van der Waals surface area contributed by atoms with E-state index >= 15 is 0 Å². The van der Waals surface area contributed by atoms with Crippen molar-refractivity contribution in [3.8, 4) is 0 Å². The van der Waals surface area contributed by atoms with Gasteiger partial charge in [0.25, 0.3) is 0 Å². The van der Waals surface area contributed by atoms with Gasteiger partial charge in [-0.1, -0.05) is 160 Å². The van der Waals surface area contributed by atoms with Gasteiger partial charge in [-0.05, 0) is 28.7 Å². The number of benzene rings is 4. The van der Waals surface area contributed by atoms with Gasteiger partial charge in [0.1, 0.15) is 24.4 Å². The summed E-state index contributed by atoms with van der Waals surface area (Å²) in [5, 5.41) is 0. The minimum absolute atomic E-state index is 0.321. The molecule has 0 radical (unpaired) electrons. The van der Waals surface area contributed by atoms with Gasteiger partial charge in [-0.2, -0.15) is 0 Å². The molecule has 6 nitrogen and oxygen atoms in total. The van der Waals surface area contributed by atoms with E-state index in [0.717, 1.165) is 35.1 Å². The van der Waals surface area contributed by atoms with Crippen LogP contribution in [0, 0.1) is 0 Å². The fourth-order valence-corrected chi connectivity index (χ4v) is 5.96. The minimum Gasteiger partial charge on any atom is -0.374 e. The highest BCUT2D eigenvalue weighted by molar-refractivity contribution is 5.16. The fourth-order valence-electron chi connectivity index (χ4n) is 5.96. The van der Waals surface area contributed by atoms with Crippen LogP contribution >= 0.6 is 0 Å². The first-order valence-corrected chi connectivity index (χ1v) is 17.7. The van der Waals surface area contributed by atoms with Gasteiger partial charge in [0, 0.05) is 6.61 Å². The van der Waals surface area contributed by atoms with E-state index in [9.17, 15) is 0 Å². The van der Waals surface area contributed by atoms with Crippen molar-refractivity contribution in [2.24, 2.45) is 0 Å². The fraction of sp³-hybridized carbons (Fsp3) is 0.429. The van der Waals surface area contributed by atoms with E-state index in [2.05, 4.69) is 55.5 Å². The van der Waals surface area contributed by atoms with E-state index in [-0.39, 0.29) is 0 Å². The molecule has 0 spiro atoms. The van der Waals surface area contributed by atoms with Crippen molar-refractivity contribution < 1.29 is 28.4 Å². The van der Waals surface area contributed by atoms with Crippen LogP contribution in [-0.2, 0) is 54.8 Å². The van der Waals surface area contributed by atoms with Gasteiger partial charge < -0.3 is 28.4 Å². The van der Waals surface area contributed by atoms with Gasteiger partial charge in [-0.25, -0.2) is 0 Å². The number of unbranched alkanes of at least 4 members (excludes halogenated alkanes) is 5. The molecule has 0 aromatic heterocycles. The zero-order chi connectivity index (χ0) is 33.1. The number of hydrogen-bond acceptors (Lipinski definition) is 6. The monoisotopic (exact) mass is 652 g/mol. The molecule has 1 aliphatic heterocycles. The lowest BCUT2D eigenvalue weighted by atomic mass is 9.97. The second-order valence-corrected chi connectivity index (χ2v) is 12.5. The summed E-state index contributed by atoms with van der Waals surface area (Å²) in [5.41, 5.74) is 4.33. The van der Waals surface area contributed by atoms with Gasteiger partial charge >= 0.3 is 0 Å². The van der Waals surface area contributed by atoms with Crippen molar-refractivity contribution >= 4 is 0 Å². The summed E-state index contributed by atoms with van der Waals surface area (Å²) in [7, 11) is 0. The quantitative estimate of drug-likeness (QED) is 0.0838. The van der Waals surface area contributed by atoms with Gasteiger partial charge in [0.2, 0.25) is 0 Å². The molecule has 4 aromatic carbocycles. The maximum absolute atomic E-state index is 6.80. The molecule has 1 fully saturated rings. The van der Waals surface area contributed by atoms with Gasteiger partial charge in [-0.15, -0.1) is 0 Å². The maximum Gasteiger partial charge on any atom is 0.186 e. The van der Waals surface area contributed by atoms with Crippen molar-refractivity contribution in [2.75, 3.05) is 13.2 Å². The van der Waals surface area contributed by atoms with Crippen molar-refractivity contribution in [2.45, 2.75) is 103 Å². The molecule has 1 saturated heterocycles. The molecule has 0 saturated carbocycles. The average molecular weight is 653 g/mol. The molecule has 0 amide bonds. The highest BCUT2D eigenvalue weighted by Gasteiger charge is 2.49. The van der Waals surface area contributed by atoms with Gasteiger partial charge in [0.05, 0.1) is 33.0 Å². The molecule has 0 aliphatic carbocycles. The zero-order valence-electron chi connectivity index (χ0n) is 28.4. The number of hydrogen-bond donors (Lipinski definition) is 0. The Kier molecular flexibility index (Phi) is 15.6. The summed E-state index contributed by atoms with van der Waals surface area (Å²) in [5.74, 6) is 0. The minimum atomic E-state index is -0.646. The molecule has 1 heterocycles. The van der Waals surface area contributed by atoms with Crippen LogP contribution < -0.4 is 0 Å². The lowest BCUT2D eigenvalue weighted by molar-refractivity contribution is -0.328. The Labute approximate surface area is 287 Å². The zero-order valence-corrected chi connectivity index (χ0v) is 28.4. The molecule has 5 rings (SSSR count). The predicted molar refractivity (Wildman–Crippen MR) is 189 cm³/mol. The summed E-state index contributed by atoms with van der Waals surface area (Å²) in [6.07, 6.45) is 4.51. The third-order valence-electron chi connectivity index (χ3n) is 8.62. The standard InChI is InChI=1S/C42H52O6/c1-2-3-4-5-6-19-28-44-42-41(47-32-37-26-17-10-18-27-37)40(46-31-36-24-15-9-16-25-36)39(45-30-35-22-13-8-14-23-35)38(48-42)33-43-29-34-20-11-7-12-21-34/h7-18,20-27,38-42H,2-6,19,28-33H2,1H3/t38-,39-,40+,41+,42+/m1/s1. The first kappa shape index (κ1) is 35.9. The van der Waals surface area contributed by atoms with E-state index in [0.29, 0.717) is 39.6 Å². The van der Waals surface area contributed by atoms with Crippen molar-refractivity contribution in [3.63, 3.8) is 0 Å². The van der Waals surface area contributed by atoms with Crippen LogP contribution in [0.3, 0.4) is 0 Å². The van der Waals surface area contributed by atoms with E-state index in [1.54, 1.807) is 0 Å². The van der Waals surface area contributed by atoms with E-state index < -0.39 is 30.7 Å². The molecule has 1 aliphatic rings. The smallest absolute Gasteiger partial charge is 0.186 e. The molecule has 256 valence electrons. The molecule has 0 unspecified atom stereocenters. The van der Waals surface area contributed by atoms with Gasteiger partial charge in [-0.3, -0.25) is 0 Å². The summed E-state index contributed by atoms with van der Waals surface area (Å²) < 4.78 is 39.8. The van der Waals surface area contributed by atoms with E-state index in [1.165, 1.54) is 25.7 Å². The Morgan fingerprint density at radius 1 is 0.458 bits per heavy atom. The molecule has 6 heteroatoms. The van der Waals surface area contributed by atoms with Crippen LogP contribution in [-0.4, -0.2) is 43.9 Å². The summed E-state index contributed by atoms with van der Waals surface area (Å²) in [6, 6.07) is 40.8. The predicted octanol–water partition coefficient (Wildman–Crippen LogP) is 9.06. The normalized spacial score (nSPS) is 20.9. The molecule has 5 atom stereocenters. The second kappa shape index (κ2) is 20.9. The lowest BCUT2D eigenvalue weighted by Crippen LogP contribution is -2.61. The molecule has 0 N–H and O–H groups in total. The van der Waals surface area contributed by atoms with Crippen LogP contribution in [0.4, 0.5) is 0 Å². The Balaban J connectivity index is 1.38. The largest absolute Gasteiger partial charge is 0.374 e. The van der Waals surface area contributed by atoms with Crippen LogP contribution in [0.15, 0.2) is 121 Å². The van der Waals surface area contributed by atoms with Crippen LogP contribution in [0.1, 0.15) is 67.7 Å².